The maximum absolute atomic E-state index is 5.78. The molecule has 90 valence electrons. The van der Waals surface area contributed by atoms with E-state index in [9.17, 15) is 0 Å². The van der Waals surface area contributed by atoms with Crippen LogP contribution in [0.15, 0.2) is 42.6 Å². The number of nitrogens with zero attached hydrogens (tertiary/aromatic N) is 2. The van der Waals surface area contributed by atoms with Gasteiger partial charge in [0, 0.05) is 35.4 Å². The van der Waals surface area contributed by atoms with Crippen molar-refractivity contribution in [3.05, 3.63) is 48.3 Å². The third kappa shape index (κ3) is 1.48. The van der Waals surface area contributed by atoms with Gasteiger partial charge in [0.25, 0.3) is 0 Å². The molecule has 0 aliphatic rings. The van der Waals surface area contributed by atoms with Gasteiger partial charge in [-0.25, -0.2) is 4.98 Å². The van der Waals surface area contributed by atoms with Crippen molar-refractivity contribution in [2.75, 3.05) is 5.73 Å². The van der Waals surface area contributed by atoms with Gasteiger partial charge in [-0.2, -0.15) is 0 Å². The molecule has 0 spiro atoms. The number of hydrogen-bond donors (Lipinski definition) is 1. The molecule has 0 aliphatic heterocycles. The average molecular weight is 237 g/mol. The zero-order chi connectivity index (χ0) is 12.7. The van der Waals surface area contributed by atoms with Crippen molar-refractivity contribution in [1.82, 2.24) is 9.55 Å². The lowest BCUT2D eigenvalue weighted by molar-refractivity contribution is 0.919. The van der Waals surface area contributed by atoms with Gasteiger partial charge < -0.3 is 10.3 Å². The molecule has 3 aromatic rings. The molecule has 3 heteroatoms. The molecule has 0 amide bonds. The molecule has 1 aromatic carbocycles. The third-order valence-corrected chi connectivity index (χ3v) is 3.47. The molecule has 0 aliphatic carbocycles. The van der Waals surface area contributed by atoms with Crippen LogP contribution < -0.4 is 5.73 Å². The van der Waals surface area contributed by atoms with Gasteiger partial charge in [0.2, 0.25) is 0 Å². The highest BCUT2D eigenvalue weighted by Crippen LogP contribution is 2.34. The second kappa shape index (κ2) is 3.88. The maximum atomic E-state index is 5.78. The highest BCUT2D eigenvalue weighted by atomic mass is 14.9. The summed E-state index contributed by atoms with van der Waals surface area (Å²) in [6.07, 6.45) is 1.76. The fourth-order valence-electron chi connectivity index (χ4n) is 2.49. The summed E-state index contributed by atoms with van der Waals surface area (Å²) in [5.41, 5.74) is 10.6. The summed E-state index contributed by atoms with van der Waals surface area (Å²) in [4.78, 5) is 4.05. The highest BCUT2D eigenvalue weighted by molar-refractivity contribution is 5.98. The molecule has 18 heavy (non-hydrogen) atoms. The van der Waals surface area contributed by atoms with E-state index < -0.39 is 0 Å². The second-order valence-electron chi connectivity index (χ2n) is 4.51. The minimum atomic E-state index is 0.555. The number of nitrogen functional groups attached to an aromatic ring is 1. The lowest BCUT2D eigenvalue weighted by Gasteiger charge is -2.03. The van der Waals surface area contributed by atoms with Crippen LogP contribution >= 0.6 is 0 Å². The standard InChI is InChI=1S/C15H15N3/c1-10-15(11-7-8-17-14(16)9-11)12-5-3-4-6-13(12)18(10)2/h3-9H,1-2H3,(H2,16,17). The summed E-state index contributed by atoms with van der Waals surface area (Å²) in [5.74, 6) is 0.555. The summed E-state index contributed by atoms with van der Waals surface area (Å²) >= 11 is 0. The molecule has 2 N–H and O–H groups in total. The summed E-state index contributed by atoms with van der Waals surface area (Å²) in [6.45, 7) is 2.13. The van der Waals surface area contributed by atoms with Crippen molar-refractivity contribution in [3.63, 3.8) is 0 Å². The van der Waals surface area contributed by atoms with E-state index in [0.717, 1.165) is 5.56 Å². The molecule has 2 aromatic heterocycles. The Labute approximate surface area is 106 Å². The topological polar surface area (TPSA) is 43.8 Å². The van der Waals surface area contributed by atoms with Gasteiger partial charge in [0.15, 0.2) is 0 Å². The molecule has 2 heterocycles. The fourth-order valence-corrected chi connectivity index (χ4v) is 2.49. The largest absolute Gasteiger partial charge is 0.384 e. The Hall–Kier alpha value is -2.29. The number of fused-ring (bicyclic) bond motifs is 1. The smallest absolute Gasteiger partial charge is 0.123 e. The Balaban J connectivity index is 2.39. The molecule has 0 unspecified atom stereocenters. The van der Waals surface area contributed by atoms with Gasteiger partial charge in [-0.05, 0) is 30.7 Å². The van der Waals surface area contributed by atoms with E-state index in [-0.39, 0.29) is 0 Å². The van der Waals surface area contributed by atoms with Crippen LogP contribution in [0.1, 0.15) is 5.69 Å². The van der Waals surface area contributed by atoms with E-state index in [2.05, 4.69) is 47.8 Å². The lowest BCUT2D eigenvalue weighted by Crippen LogP contribution is -1.92. The average Bonchev–Trinajstić information content (AvgIpc) is 2.63. The molecule has 0 atom stereocenters. The number of rotatable bonds is 1. The van der Waals surface area contributed by atoms with Gasteiger partial charge >= 0.3 is 0 Å². The molecule has 0 radical (unpaired) electrons. The normalized spacial score (nSPS) is 11.0. The fraction of sp³-hybridized carbons (Fsp3) is 0.133. The number of nitrogens with two attached hydrogens (primary N) is 1. The SMILES string of the molecule is Cc1c(-c2ccnc(N)c2)c2ccccc2n1C. The molecule has 3 nitrogen and oxygen atoms in total. The van der Waals surface area contributed by atoms with Crippen molar-refractivity contribution in [1.29, 1.82) is 0 Å². The van der Waals surface area contributed by atoms with E-state index in [4.69, 9.17) is 5.73 Å². The molecule has 0 saturated heterocycles. The van der Waals surface area contributed by atoms with Crippen molar-refractivity contribution in [2.45, 2.75) is 6.92 Å². The highest BCUT2D eigenvalue weighted by Gasteiger charge is 2.13. The van der Waals surface area contributed by atoms with Crippen LogP contribution in [0.2, 0.25) is 0 Å². The van der Waals surface area contributed by atoms with Crippen LogP contribution in [-0.2, 0) is 7.05 Å². The Morgan fingerprint density at radius 1 is 1.17 bits per heavy atom. The number of pyridine rings is 1. The van der Waals surface area contributed by atoms with E-state index in [0.29, 0.717) is 5.82 Å². The second-order valence-corrected chi connectivity index (χ2v) is 4.51. The minimum Gasteiger partial charge on any atom is -0.384 e. The molecular formula is C15H15N3. The first-order chi connectivity index (χ1) is 8.68. The minimum absolute atomic E-state index is 0.555. The summed E-state index contributed by atoms with van der Waals surface area (Å²) in [5, 5.41) is 1.25. The van der Waals surface area contributed by atoms with Crippen LogP contribution in [0.5, 0.6) is 0 Å². The Kier molecular flexibility index (Phi) is 2.33. The van der Waals surface area contributed by atoms with Gasteiger partial charge in [-0.1, -0.05) is 18.2 Å². The Morgan fingerprint density at radius 2 is 1.94 bits per heavy atom. The molecule has 3 rings (SSSR count). The van der Waals surface area contributed by atoms with Gasteiger partial charge in [-0.15, -0.1) is 0 Å². The maximum Gasteiger partial charge on any atom is 0.123 e. The van der Waals surface area contributed by atoms with E-state index >= 15 is 0 Å². The number of anilines is 1. The van der Waals surface area contributed by atoms with Gasteiger partial charge in [0.05, 0.1) is 0 Å². The van der Waals surface area contributed by atoms with Crippen molar-refractivity contribution in [3.8, 4) is 11.1 Å². The van der Waals surface area contributed by atoms with Crippen molar-refractivity contribution >= 4 is 16.7 Å². The molecule has 0 saturated carbocycles. The lowest BCUT2D eigenvalue weighted by atomic mass is 10.0. The van der Waals surface area contributed by atoms with Crippen LogP contribution in [0, 0.1) is 6.92 Å². The Morgan fingerprint density at radius 3 is 2.72 bits per heavy atom. The molecular weight excluding hydrogens is 222 g/mol. The molecule has 0 fully saturated rings. The zero-order valence-electron chi connectivity index (χ0n) is 10.5. The number of hydrogen-bond acceptors (Lipinski definition) is 2. The number of para-hydroxylation sites is 1. The van der Waals surface area contributed by atoms with Crippen LogP contribution in [-0.4, -0.2) is 9.55 Å². The summed E-state index contributed by atoms with van der Waals surface area (Å²) in [7, 11) is 2.09. The first-order valence-corrected chi connectivity index (χ1v) is 5.94. The first-order valence-electron chi connectivity index (χ1n) is 5.94. The van der Waals surface area contributed by atoms with Gasteiger partial charge in [-0.3, -0.25) is 0 Å². The van der Waals surface area contributed by atoms with Crippen molar-refractivity contribution < 1.29 is 0 Å². The number of aromatic nitrogens is 2. The molecule has 0 bridgehead atoms. The monoisotopic (exact) mass is 237 g/mol. The van der Waals surface area contributed by atoms with Crippen molar-refractivity contribution in [2.24, 2.45) is 7.05 Å². The summed E-state index contributed by atoms with van der Waals surface area (Å²) < 4.78 is 2.21. The van der Waals surface area contributed by atoms with Crippen LogP contribution in [0.4, 0.5) is 5.82 Å². The first kappa shape index (κ1) is 10.8. The predicted octanol–water partition coefficient (Wildman–Crippen LogP) is 3.13. The van der Waals surface area contributed by atoms with E-state index in [1.807, 2.05) is 12.1 Å². The zero-order valence-corrected chi connectivity index (χ0v) is 10.5. The Bertz CT molecular complexity index is 726. The van der Waals surface area contributed by atoms with Crippen LogP contribution in [0.3, 0.4) is 0 Å². The number of benzene rings is 1. The van der Waals surface area contributed by atoms with E-state index in [1.165, 1.54) is 22.2 Å². The third-order valence-electron chi connectivity index (χ3n) is 3.47. The quantitative estimate of drug-likeness (QED) is 0.706. The predicted molar refractivity (Wildman–Crippen MR) is 75.3 cm³/mol. The van der Waals surface area contributed by atoms with Gasteiger partial charge in [0.1, 0.15) is 5.82 Å². The van der Waals surface area contributed by atoms with E-state index in [1.54, 1.807) is 6.20 Å². The van der Waals surface area contributed by atoms with Crippen LogP contribution in [0.25, 0.3) is 22.0 Å². The summed E-state index contributed by atoms with van der Waals surface area (Å²) in [6, 6.07) is 12.3. The number of aryl methyl sites for hydroxylation is 1.